The highest BCUT2D eigenvalue weighted by atomic mass is 16.5. The van der Waals surface area contributed by atoms with E-state index in [4.69, 9.17) is 4.74 Å². The van der Waals surface area contributed by atoms with E-state index in [1.165, 1.54) is 47.9 Å². The molecule has 1 nitrogen and oxygen atoms in total. The second-order valence-corrected chi connectivity index (χ2v) is 7.85. The maximum Gasteiger partial charge on any atom is 0.0721 e. The number of rotatable bonds is 8. The topological polar surface area (TPSA) is 9.23 Å². The van der Waals surface area contributed by atoms with Gasteiger partial charge in [-0.25, -0.2) is 0 Å². The summed E-state index contributed by atoms with van der Waals surface area (Å²) >= 11 is 0. The van der Waals surface area contributed by atoms with Crippen LogP contribution in [0, 0.1) is 0 Å². The van der Waals surface area contributed by atoms with Gasteiger partial charge in [-0.2, -0.15) is 0 Å². The molecule has 2 aromatic carbocycles. The van der Waals surface area contributed by atoms with Gasteiger partial charge in [0, 0.05) is 0 Å². The van der Waals surface area contributed by atoms with Crippen molar-refractivity contribution in [2.45, 2.75) is 64.4 Å². The van der Waals surface area contributed by atoms with Gasteiger partial charge >= 0.3 is 0 Å². The Bertz CT molecular complexity index is 744. The molecule has 0 bridgehead atoms. The smallest absolute Gasteiger partial charge is 0.0721 e. The fourth-order valence-corrected chi connectivity index (χ4v) is 4.20. The summed E-state index contributed by atoms with van der Waals surface area (Å²) in [4.78, 5) is 0. The average molecular weight is 375 g/mol. The molecule has 0 unspecified atom stereocenters. The van der Waals surface area contributed by atoms with Gasteiger partial charge in [-0.05, 0) is 73.1 Å². The minimum absolute atomic E-state index is 0.699. The van der Waals surface area contributed by atoms with Crippen molar-refractivity contribution in [1.29, 1.82) is 0 Å². The summed E-state index contributed by atoms with van der Waals surface area (Å²) in [7, 11) is 0. The first-order valence-corrected chi connectivity index (χ1v) is 10.8. The quantitative estimate of drug-likeness (QED) is 0.341. The Hall–Kier alpha value is -2.12. The molecule has 1 saturated carbocycles. The molecule has 0 saturated heterocycles. The fraction of sp³-hybridized carbons (Fsp3) is 0.407. The Morgan fingerprint density at radius 1 is 0.821 bits per heavy atom. The molecule has 0 atom stereocenters. The molecule has 2 aromatic rings. The van der Waals surface area contributed by atoms with Gasteiger partial charge in [0.05, 0.1) is 13.2 Å². The van der Waals surface area contributed by atoms with E-state index in [9.17, 15) is 0 Å². The monoisotopic (exact) mass is 374 g/mol. The van der Waals surface area contributed by atoms with E-state index < -0.39 is 0 Å². The van der Waals surface area contributed by atoms with E-state index in [-0.39, 0.29) is 0 Å². The highest BCUT2D eigenvalue weighted by molar-refractivity contribution is 5.49. The van der Waals surface area contributed by atoms with Crippen molar-refractivity contribution >= 4 is 6.08 Å². The van der Waals surface area contributed by atoms with E-state index in [1.54, 1.807) is 0 Å². The normalized spacial score (nSPS) is 20.2. The first-order valence-electron chi connectivity index (χ1n) is 10.8. The van der Waals surface area contributed by atoms with Crippen LogP contribution in [0.4, 0.5) is 0 Å². The highest BCUT2D eigenvalue weighted by Gasteiger charge is 2.23. The SMILES string of the molecule is CC=Cc1ccc(C2CCC(c3ccc(COCC=CCC)cc3)CC2)cc1. The zero-order valence-electron chi connectivity index (χ0n) is 17.4. The van der Waals surface area contributed by atoms with Crippen molar-refractivity contribution in [3.05, 3.63) is 89.0 Å². The van der Waals surface area contributed by atoms with Crippen molar-refractivity contribution in [3.8, 4) is 0 Å². The van der Waals surface area contributed by atoms with Crippen LogP contribution in [-0.2, 0) is 11.3 Å². The van der Waals surface area contributed by atoms with Gasteiger partial charge in [-0.3, -0.25) is 0 Å². The lowest BCUT2D eigenvalue weighted by atomic mass is 9.76. The Balaban J connectivity index is 1.48. The van der Waals surface area contributed by atoms with Crippen LogP contribution < -0.4 is 0 Å². The van der Waals surface area contributed by atoms with Gasteiger partial charge in [0.25, 0.3) is 0 Å². The first-order chi connectivity index (χ1) is 13.8. The predicted molar refractivity (Wildman–Crippen MR) is 121 cm³/mol. The molecule has 0 spiro atoms. The minimum atomic E-state index is 0.699. The van der Waals surface area contributed by atoms with Gasteiger partial charge in [-0.15, -0.1) is 0 Å². The molecule has 1 aliphatic rings. The van der Waals surface area contributed by atoms with Gasteiger partial charge < -0.3 is 4.74 Å². The van der Waals surface area contributed by atoms with Crippen LogP contribution in [0.25, 0.3) is 6.08 Å². The van der Waals surface area contributed by atoms with Gasteiger partial charge in [0.2, 0.25) is 0 Å². The van der Waals surface area contributed by atoms with Crippen LogP contribution in [0.2, 0.25) is 0 Å². The summed E-state index contributed by atoms with van der Waals surface area (Å²) < 4.78 is 5.70. The maximum atomic E-state index is 5.70. The van der Waals surface area contributed by atoms with E-state index in [0.717, 1.165) is 12.3 Å². The van der Waals surface area contributed by atoms with Crippen LogP contribution in [0.5, 0.6) is 0 Å². The molecule has 0 amide bonds. The molecule has 3 rings (SSSR count). The molecule has 0 aromatic heterocycles. The minimum Gasteiger partial charge on any atom is -0.373 e. The van der Waals surface area contributed by atoms with Crippen LogP contribution in [0.15, 0.2) is 66.8 Å². The van der Waals surface area contributed by atoms with Crippen LogP contribution in [0.3, 0.4) is 0 Å². The third-order valence-electron chi connectivity index (χ3n) is 5.83. The van der Waals surface area contributed by atoms with Crippen LogP contribution in [0.1, 0.15) is 80.0 Å². The predicted octanol–water partition coefficient (Wildman–Crippen LogP) is 7.64. The van der Waals surface area contributed by atoms with E-state index in [2.05, 4.69) is 86.7 Å². The number of ether oxygens (including phenoxy) is 1. The van der Waals surface area contributed by atoms with E-state index in [0.29, 0.717) is 19.1 Å². The Labute approximate surface area is 171 Å². The number of allylic oxidation sites excluding steroid dienone is 2. The summed E-state index contributed by atoms with van der Waals surface area (Å²) in [5.74, 6) is 1.43. The van der Waals surface area contributed by atoms with Crippen molar-refractivity contribution in [2.24, 2.45) is 0 Å². The second kappa shape index (κ2) is 11.0. The van der Waals surface area contributed by atoms with E-state index >= 15 is 0 Å². The van der Waals surface area contributed by atoms with Gasteiger partial charge in [-0.1, -0.05) is 79.8 Å². The molecule has 0 N–H and O–H groups in total. The summed E-state index contributed by atoms with van der Waals surface area (Å²) in [6.07, 6.45) is 14.7. The molecule has 28 heavy (non-hydrogen) atoms. The Morgan fingerprint density at radius 3 is 1.93 bits per heavy atom. The molecular weight excluding hydrogens is 340 g/mol. The number of hydrogen-bond acceptors (Lipinski definition) is 1. The van der Waals surface area contributed by atoms with Crippen molar-refractivity contribution in [3.63, 3.8) is 0 Å². The lowest BCUT2D eigenvalue weighted by Gasteiger charge is -2.29. The largest absolute Gasteiger partial charge is 0.373 e. The molecule has 0 aliphatic heterocycles. The fourth-order valence-electron chi connectivity index (χ4n) is 4.20. The highest BCUT2D eigenvalue weighted by Crippen LogP contribution is 2.40. The summed E-state index contributed by atoms with van der Waals surface area (Å²) in [6.45, 7) is 5.61. The summed E-state index contributed by atoms with van der Waals surface area (Å²) in [6, 6.07) is 18.3. The molecule has 0 heterocycles. The third kappa shape index (κ3) is 5.94. The van der Waals surface area contributed by atoms with Crippen molar-refractivity contribution in [2.75, 3.05) is 6.61 Å². The Kier molecular flexibility index (Phi) is 8.11. The first kappa shape index (κ1) is 20.6. The second-order valence-electron chi connectivity index (χ2n) is 7.85. The molecule has 0 radical (unpaired) electrons. The molecule has 1 aliphatic carbocycles. The zero-order chi connectivity index (χ0) is 19.6. The molecule has 1 heteroatoms. The average Bonchev–Trinajstić information content (AvgIpc) is 2.75. The third-order valence-corrected chi connectivity index (χ3v) is 5.83. The molecular formula is C27H34O. The van der Waals surface area contributed by atoms with E-state index in [1.807, 2.05) is 0 Å². The number of benzene rings is 2. The van der Waals surface area contributed by atoms with Crippen molar-refractivity contribution in [1.82, 2.24) is 0 Å². The lowest BCUT2D eigenvalue weighted by Crippen LogP contribution is -2.12. The Morgan fingerprint density at radius 2 is 1.39 bits per heavy atom. The van der Waals surface area contributed by atoms with Crippen molar-refractivity contribution < 1.29 is 4.74 Å². The van der Waals surface area contributed by atoms with Gasteiger partial charge in [0.1, 0.15) is 0 Å². The zero-order valence-corrected chi connectivity index (χ0v) is 17.4. The lowest BCUT2D eigenvalue weighted by molar-refractivity contribution is 0.148. The molecule has 148 valence electrons. The van der Waals surface area contributed by atoms with Crippen LogP contribution >= 0.6 is 0 Å². The maximum absolute atomic E-state index is 5.70. The number of hydrogen-bond donors (Lipinski definition) is 0. The van der Waals surface area contributed by atoms with Gasteiger partial charge in [0.15, 0.2) is 0 Å². The molecule has 1 fully saturated rings. The summed E-state index contributed by atoms with van der Waals surface area (Å²) in [5, 5.41) is 0. The van der Waals surface area contributed by atoms with Crippen LogP contribution in [-0.4, -0.2) is 6.61 Å². The summed E-state index contributed by atoms with van der Waals surface area (Å²) in [5.41, 5.74) is 5.57. The standard InChI is InChI=1S/C27H34O/c1-3-5-6-20-28-21-23-10-14-25(15-11-23)27-18-16-26(17-19-27)24-12-8-22(7-4-2)9-13-24/h4-15,26-27H,3,16-21H2,1-2H3.